The highest BCUT2D eigenvalue weighted by Gasteiger charge is 2.27. The Kier molecular flexibility index (Phi) is 6.59. The molecular weight excluding hydrogens is 410 g/mol. The molecule has 0 saturated heterocycles. The number of aryl methyl sites for hydroxylation is 1. The summed E-state index contributed by atoms with van der Waals surface area (Å²) in [6.45, 7) is 0.964. The maximum absolute atomic E-state index is 14.2. The van der Waals surface area contributed by atoms with Crippen LogP contribution in [-0.2, 0) is 21.4 Å². The molecule has 0 unspecified atom stereocenters. The average molecular weight is 430 g/mol. The van der Waals surface area contributed by atoms with Crippen LogP contribution in [0.5, 0.6) is 0 Å². The zero-order valence-electron chi connectivity index (χ0n) is 16.2. The summed E-state index contributed by atoms with van der Waals surface area (Å²) in [5.41, 5.74) is 1.34. The molecule has 3 rings (SSSR count). The summed E-state index contributed by atoms with van der Waals surface area (Å²) < 4.78 is 54.5. The molecule has 0 aliphatic heterocycles. The standard InChI is InChI=1S/C22H20F2N2O3S/c1-16-6-12-20(13-7-16)30(28,29)26(14-17-4-2-3-5-21(17)24)15-22(27)25-19-10-8-18(23)9-11-19/h2-13H,14-15H2,1H3,(H,25,27). The van der Waals surface area contributed by atoms with E-state index in [2.05, 4.69) is 5.32 Å². The lowest BCUT2D eigenvalue weighted by Crippen LogP contribution is -2.37. The summed E-state index contributed by atoms with van der Waals surface area (Å²) in [5, 5.41) is 2.53. The highest BCUT2D eigenvalue weighted by Crippen LogP contribution is 2.20. The molecule has 0 saturated carbocycles. The van der Waals surface area contributed by atoms with Gasteiger partial charge in [0.1, 0.15) is 11.6 Å². The molecule has 3 aromatic carbocycles. The zero-order chi connectivity index (χ0) is 21.7. The van der Waals surface area contributed by atoms with Crippen molar-refractivity contribution in [2.45, 2.75) is 18.4 Å². The van der Waals surface area contributed by atoms with E-state index in [4.69, 9.17) is 0 Å². The van der Waals surface area contributed by atoms with Crippen molar-refractivity contribution < 1.29 is 22.0 Å². The molecule has 0 atom stereocenters. The van der Waals surface area contributed by atoms with Gasteiger partial charge in [0.05, 0.1) is 11.4 Å². The maximum Gasteiger partial charge on any atom is 0.243 e. The molecule has 0 heterocycles. The Bertz CT molecular complexity index is 1130. The summed E-state index contributed by atoms with van der Waals surface area (Å²) in [4.78, 5) is 12.5. The summed E-state index contributed by atoms with van der Waals surface area (Å²) in [7, 11) is -4.08. The molecule has 0 aromatic heterocycles. The van der Waals surface area contributed by atoms with Crippen molar-refractivity contribution in [2.75, 3.05) is 11.9 Å². The van der Waals surface area contributed by atoms with Crippen LogP contribution in [0.1, 0.15) is 11.1 Å². The van der Waals surface area contributed by atoms with Crippen LogP contribution in [0, 0.1) is 18.6 Å². The van der Waals surface area contributed by atoms with Crippen molar-refractivity contribution in [1.82, 2.24) is 4.31 Å². The van der Waals surface area contributed by atoms with Gasteiger partial charge in [0, 0.05) is 17.8 Å². The fraction of sp³-hybridized carbons (Fsp3) is 0.136. The van der Waals surface area contributed by atoms with Crippen molar-refractivity contribution in [3.63, 3.8) is 0 Å². The maximum atomic E-state index is 14.2. The second-order valence-electron chi connectivity index (χ2n) is 6.73. The molecule has 0 bridgehead atoms. The van der Waals surface area contributed by atoms with Gasteiger partial charge in [-0.15, -0.1) is 0 Å². The third-order valence-electron chi connectivity index (χ3n) is 4.41. The number of nitrogens with zero attached hydrogens (tertiary/aromatic N) is 1. The third-order valence-corrected chi connectivity index (χ3v) is 6.22. The molecule has 0 fully saturated rings. The van der Waals surface area contributed by atoms with Crippen molar-refractivity contribution in [3.8, 4) is 0 Å². The van der Waals surface area contributed by atoms with Gasteiger partial charge in [0.2, 0.25) is 15.9 Å². The molecule has 1 amide bonds. The molecule has 1 N–H and O–H groups in total. The minimum Gasteiger partial charge on any atom is -0.325 e. The largest absolute Gasteiger partial charge is 0.325 e. The van der Waals surface area contributed by atoms with Crippen LogP contribution in [0.2, 0.25) is 0 Å². The van der Waals surface area contributed by atoms with Crippen LogP contribution >= 0.6 is 0 Å². The molecule has 0 radical (unpaired) electrons. The van der Waals surface area contributed by atoms with Crippen molar-refractivity contribution in [3.05, 3.63) is 95.6 Å². The van der Waals surface area contributed by atoms with Crippen molar-refractivity contribution in [1.29, 1.82) is 0 Å². The molecule has 156 valence electrons. The van der Waals surface area contributed by atoms with Crippen LogP contribution < -0.4 is 5.32 Å². The number of benzene rings is 3. The zero-order valence-corrected chi connectivity index (χ0v) is 17.0. The first-order chi connectivity index (χ1) is 14.3. The Labute approximate surface area is 174 Å². The molecular formula is C22H20F2N2O3S. The Morgan fingerprint density at radius 2 is 1.57 bits per heavy atom. The Morgan fingerprint density at radius 3 is 2.20 bits per heavy atom. The van der Waals surface area contributed by atoms with E-state index in [1.807, 2.05) is 6.92 Å². The van der Waals surface area contributed by atoms with Gasteiger partial charge >= 0.3 is 0 Å². The van der Waals surface area contributed by atoms with E-state index in [0.29, 0.717) is 5.69 Å². The highest BCUT2D eigenvalue weighted by atomic mass is 32.2. The first-order valence-corrected chi connectivity index (χ1v) is 10.6. The second kappa shape index (κ2) is 9.15. The summed E-state index contributed by atoms with van der Waals surface area (Å²) in [6.07, 6.45) is 0. The normalized spacial score (nSPS) is 11.5. The van der Waals surface area contributed by atoms with Gasteiger partial charge < -0.3 is 5.32 Å². The van der Waals surface area contributed by atoms with Crippen LogP contribution in [-0.4, -0.2) is 25.2 Å². The van der Waals surface area contributed by atoms with Crippen LogP contribution in [0.25, 0.3) is 0 Å². The van der Waals surface area contributed by atoms with Crippen LogP contribution in [0.4, 0.5) is 14.5 Å². The second-order valence-corrected chi connectivity index (χ2v) is 8.67. The molecule has 0 aliphatic rings. The number of sulfonamides is 1. The monoisotopic (exact) mass is 430 g/mol. The van der Waals surface area contributed by atoms with Gasteiger partial charge in [-0.2, -0.15) is 4.31 Å². The number of hydrogen-bond donors (Lipinski definition) is 1. The van der Waals surface area contributed by atoms with E-state index >= 15 is 0 Å². The smallest absolute Gasteiger partial charge is 0.243 e. The van der Waals surface area contributed by atoms with Gasteiger partial charge in [0.15, 0.2) is 0 Å². The quantitative estimate of drug-likeness (QED) is 0.614. The van der Waals surface area contributed by atoms with E-state index in [-0.39, 0.29) is 17.0 Å². The molecule has 0 aliphatic carbocycles. The first-order valence-electron chi connectivity index (χ1n) is 9.11. The Morgan fingerprint density at radius 1 is 0.933 bits per heavy atom. The summed E-state index contributed by atoms with van der Waals surface area (Å²) >= 11 is 0. The van der Waals surface area contributed by atoms with E-state index < -0.39 is 34.1 Å². The fourth-order valence-corrected chi connectivity index (χ4v) is 4.17. The number of carbonyl (C=O) groups is 1. The van der Waals surface area contributed by atoms with Crippen LogP contribution in [0.15, 0.2) is 77.7 Å². The van der Waals surface area contributed by atoms with Gasteiger partial charge in [-0.1, -0.05) is 35.9 Å². The lowest BCUT2D eigenvalue weighted by molar-refractivity contribution is -0.116. The number of anilines is 1. The Balaban J connectivity index is 1.88. The Hall–Kier alpha value is -3.10. The summed E-state index contributed by atoms with van der Waals surface area (Å²) in [6, 6.07) is 17.0. The van der Waals surface area contributed by atoms with Gasteiger partial charge in [-0.25, -0.2) is 17.2 Å². The minimum atomic E-state index is -4.08. The number of hydrogen-bond acceptors (Lipinski definition) is 3. The highest BCUT2D eigenvalue weighted by molar-refractivity contribution is 7.89. The first kappa shape index (κ1) is 21.6. The topological polar surface area (TPSA) is 66.5 Å². The lowest BCUT2D eigenvalue weighted by Gasteiger charge is -2.22. The van der Waals surface area contributed by atoms with Gasteiger partial charge in [-0.05, 0) is 49.4 Å². The summed E-state index contributed by atoms with van der Waals surface area (Å²) in [5.74, 6) is -1.66. The molecule has 30 heavy (non-hydrogen) atoms. The molecule has 3 aromatic rings. The number of carbonyl (C=O) groups excluding carboxylic acids is 1. The SMILES string of the molecule is Cc1ccc(S(=O)(=O)N(CC(=O)Nc2ccc(F)cc2)Cc2ccccc2F)cc1. The molecule has 5 nitrogen and oxygen atoms in total. The molecule has 0 spiro atoms. The predicted molar refractivity (Wildman–Crippen MR) is 110 cm³/mol. The van der Waals surface area contributed by atoms with Crippen LogP contribution in [0.3, 0.4) is 0 Å². The van der Waals surface area contributed by atoms with Gasteiger partial charge in [0.25, 0.3) is 0 Å². The predicted octanol–water partition coefficient (Wildman–Crippen LogP) is 4.10. The number of halogens is 2. The van der Waals surface area contributed by atoms with E-state index in [0.717, 1.165) is 9.87 Å². The van der Waals surface area contributed by atoms with E-state index in [9.17, 15) is 22.0 Å². The number of amides is 1. The number of nitrogens with one attached hydrogen (secondary N) is 1. The van der Waals surface area contributed by atoms with E-state index in [1.165, 1.54) is 54.6 Å². The number of rotatable bonds is 7. The fourth-order valence-electron chi connectivity index (χ4n) is 2.80. The van der Waals surface area contributed by atoms with E-state index in [1.54, 1.807) is 18.2 Å². The van der Waals surface area contributed by atoms with Gasteiger partial charge in [-0.3, -0.25) is 4.79 Å². The van der Waals surface area contributed by atoms with Crippen molar-refractivity contribution >= 4 is 21.6 Å². The minimum absolute atomic E-state index is 0.000906. The average Bonchev–Trinajstić information content (AvgIpc) is 2.71. The molecule has 8 heteroatoms. The van der Waals surface area contributed by atoms with Crippen molar-refractivity contribution in [2.24, 2.45) is 0 Å². The third kappa shape index (κ3) is 5.28. The lowest BCUT2D eigenvalue weighted by atomic mass is 10.2.